The highest BCUT2D eigenvalue weighted by atomic mass is 32.1. The van der Waals surface area contributed by atoms with Crippen molar-refractivity contribution < 1.29 is 14.3 Å². The van der Waals surface area contributed by atoms with Crippen LogP contribution in [0.15, 0.2) is 11.4 Å². The molecule has 1 heterocycles. The van der Waals surface area contributed by atoms with Crippen LogP contribution in [0.1, 0.15) is 23.3 Å². The van der Waals surface area contributed by atoms with Crippen LogP contribution in [0, 0.1) is 6.92 Å². The van der Waals surface area contributed by atoms with Gasteiger partial charge in [0.2, 0.25) is 0 Å². The number of hydrogen-bond acceptors (Lipinski definition) is 4. The minimum Gasteiger partial charge on any atom is -0.465 e. The monoisotopic (exact) mass is 212 g/mol. The topological polar surface area (TPSA) is 43.4 Å². The normalized spacial score (nSPS) is 12.1. The molecule has 0 saturated carbocycles. The molecule has 0 saturated heterocycles. The molecule has 0 radical (unpaired) electrons. The van der Waals surface area contributed by atoms with Gasteiger partial charge in [0.1, 0.15) is 12.2 Å². The molecule has 1 aromatic rings. The van der Waals surface area contributed by atoms with Crippen molar-refractivity contribution in [1.29, 1.82) is 0 Å². The molecule has 76 valence electrons. The van der Waals surface area contributed by atoms with Gasteiger partial charge in [-0.2, -0.15) is 0 Å². The van der Waals surface area contributed by atoms with Crippen LogP contribution in [0.4, 0.5) is 0 Å². The number of esters is 1. The maximum absolute atomic E-state index is 11.4. The van der Waals surface area contributed by atoms with Crippen LogP contribution in [-0.4, -0.2) is 18.9 Å². The Bertz CT molecular complexity index is 330. The summed E-state index contributed by atoms with van der Waals surface area (Å²) in [6, 6.07) is 1.88. The molecule has 0 aliphatic carbocycles. The van der Waals surface area contributed by atoms with Crippen molar-refractivity contribution >= 4 is 23.6 Å². The van der Waals surface area contributed by atoms with E-state index in [2.05, 4.69) is 0 Å². The number of aryl methyl sites for hydroxylation is 1. The summed E-state index contributed by atoms with van der Waals surface area (Å²) in [6.45, 7) is 3.90. The Hall–Kier alpha value is -1.16. The standard InChI is InChI=1S/C10H12O3S/c1-3-13-10(12)8(6-11)9-7(2)4-5-14-9/h4-6,8H,3H2,1-2H3. The lowest BCUT2D eigenvalue weighted by atomic mass is 10.1. The highest BCUT2D eigenvalue weighted by Gasteiger charge is 2.23. The molecular weight excluding hydrogens is 200 g/mol. The van der Waals surface area contributed by atoms with E-state index in [9.17, 15) is 9.59 Å². The van der Waals surface area contributed by atoms with E-state index in [0.717, 1.165) is 10.4 Å². The lowest BCUT2D eigenvalue weighted by Crippen LogP contribution is -2.16. The highest BCUT2D eigenvalue weighted by molar-refractivity contribution is 7.10. The minimum atomic E-state index is -0.755. The molecular formula is C10H12O3S. The summed E-state index contributed by atoms with van der Waals surface area (Å²) in [4.78, 5) is 22.9. The first kappa shape index (κ1) is 10.9. The van der Waals surface area contributed by atoms with Gasteiger partial charge in [-0.1, -0.05) is 0 Å². The molecule has 4 heteroatoms. The Morgan fingerprint density at radius 1 is 1.71 bits per heavy atom. The van der Waals surface area contributed by atoms with Crippen molar-refractivity contribution in [3.63, 3.8) is 0 Å². The first-order chi connectivity index (χ1) is 6.70. The van der Waals surface area contributed by atoms with Gasteiger partial charge < -0.3 is 9.53 Å². The fourth-order valence-electron chi connectivity index (χ4n) is 1.16. The van der Waals surface area contributed by atoms with E-state index in [4.69, 9.17) is 4.74 Å². The molecule has 0 aliphatic rings. The second-order valence-corrected chi connectivity index (χ2v) is 3.78. The maximum atomic E-state index is 11.4. The van der Waals surface area contributed by atoms with Crippen LogP contribution in [0.2, 0.25) is 0 Å². The van der Waals surface area contributed by atoms with Crippen molar-refractivity contribution in [3.8, 4) is 0 Å². The van der Waals surface area contributed by atoms with E-state index in [0.29, 0.717) is 12.9 Å². The lowest BCUT2D eigenvalue weighted by Gasteiger charge is -2.08. The Morgan fingerprint density at radius 3 is 2.86 bits per heavy atom. The molecule has 1 rings (SSSR count). The average molecular weight is 212 g/mol. The number of carbonyl (C=O) groups excluding carboxylic acids is 2. The SMILES string of the molecule is CCOC(=O)C(C=O)c1sccc1C. The van der Waals surface area contributed by atoms with E-state index in [-0.39, 0.29) is 0 Å². The molecule has 1 atom stereocenters. The predicted molar refractivity (Wildman–Crippen MR) is 54.5 cm³/mol. The minimum absolute atomic E-state index is 0.299. The molecule has 0 aliphatic heterocycles. The van der Waals surface area contributed by atoms with Gasteiger partial charge in [0, 0.05) is 4.88 Å². The average Bonchev–Trinajstić information content (AvgIpc) is 2.54. The number of hydrogen-bond donors (Lipinski definition) is 0. The Morgan fingerprint density at radius 2 is 2.43 bits per heavy atom. The van der Waals surface area contributed by atoms with Gasteiger partial charge >= 0.3 is 5.97 Å². The molecule has 3 nitrogen and oxygen atoms in total. The summed E-state index contributed by atoms with van der Waals surface area (Å²) in [6.07, 6.45) is 0.636. The van der Waals surface area contributed by atoms with Gasteiger partial charge in [-0.25, -0.2) is 0 Å². The molecule has 0 bridgehead atoms. The van der Waals surface area contributed by atoms with Crippen LogP contribution in [0.25, 0.3) is 0 Å². The van der Waals surface area contributed by atoms with Crippen molar-refractivity contribution in [1.82, 2.24) is 0 Å². The molecule has 14 heavy (non-hydrogen) atoms. The molecule has 0 fully saturated rings. The van der Waals surface area contributed by atoms with E-state index < -0.39 is 11.9 Å². The first-order valence-electron chi connectivity index (χ1n) is 4.36. The van der Waals surface area contributed by atoms with E-state index in [1.807, 2.05) is 18.4 Å². The number of carbonyl (C=O) groups is 2. The van der Waals surface area contributed by atoms with Crippen molar-refractivity contribution in [3.05, 3.63) is 21.9 Å². The first-order valence-corrected chi connectivity index (χ1v) is 5.24. The molecule has 0 spiro atoms. The van der Waals surface area contributed by atoms with Crippen molar-refractivity contribution in [2.45, 2.75) is 19.8 Å². The number of rotatable bonds is 4. The van der Waals surface area contributed by atoms with Crippen LogP contribution in [0.5, 0.6) is 0 Å². The zero-order valence-corrected chi connectivity index (χ0v) is 8.97. The summed E-state index contributed by atoms with van der Waals surface area (Å²) in [7, 11) is 0. The summed E-state index contributed by atoms with van der Waals surface area (Å²) < 4.78 is 4.81. The zero-order chi connectivity index (χ0) is 10.6. The van der Waals surface area contributed by atoms with Gasteiger partial charge in [0.05, 0.1) is 6.61 Å². The maximum Gasteiger partial charge on any atom is 0.321 e. The Kier molecular flexibility index (Phi) is 3.83. The highest BCUT2D eigenvalue weighted by Crippen LogP contribution is 2.25. The van der Waals surface area contributed by atoms with Crippen LogP contribution < -0.4 is 0 Å². The number of thiophene rings is 1. The van der Waals surface area contributed by atoms with Gasteiger partial charge in [0.25, 0.3) is 0 Å². The molecule has 0 aromatic carbocycles. The molecule has 0 amide bonds. The molecule has 0 N–H and O–H groups in total. The molecule has 1 aromatic heterocycles. The Labute approximate surface area is 86.7 Å². The number of aldehydes is 1. The summed E-state index contributed by atoms with van der Waals surface area (Å²) in [5.74, 6) is -1.22. The third kappa shape index (κ3) is 2.20. The van der Waals surface area contributed by atoms with Crippen LogP contribution >= 0.6 is 11.3 Å². The van der Waals surface area contributed by atoms with Crippen LogP contribution in [-0.2, 0) is 14.3 Å². The van der Waals surface area contributed by atoms with Crippen molar-refractivity contribution in [2.75, 3.05) is 6.61 Å². The fraction of sp³-hybridized carbons (Fsp3) is 0.400. The smallest absolute Gasteiger partial charge is 0.321 e. The van der Waals surface area contributed by atoms with Crippen molar-refractivity contribution in [2.24, 2.45) is 0 Å². The largest absolute Gasteiger partial charge is 0.465 e. The molecule has 1 unspecified atom stereocenters. The van der Waals surface area contributed by atoms with E-state index >= 15 is 0 Å². The summed E-state index contributed by atoms with van der Waals surface area (Å²) in [5, 5.41) is 1.86. The van der Waals surface area contributed by atoms with Gasteiger partial charge in [-0.15, -0.1) is 11.3 Å². The zero-order valence-electron chi connectivity index (χ0n) is 8.15. The second-order valence-electron chi connectivity index (χ2n) is 2.83. The summed E-state index contributed by atoms with van der Waals surface area (Å²) in [5.41, 5.74) is 0.958. The second kappa shape index (κ2) is 4.91. The predicted octanol–water partition coefficient (Wildman–Crippen LogP) is 1.90. The summed E-state index contributed by atoms with van der Waals surface area (Å²) >= 11 is 1.40. The lowest BCUT2D eigenvalue weighted by molar-refractivity contribution is -0.145. The van der Waals surface area contributed by atoms with Crippen LogP contribution in [0.3, 0.4) is 0 Å². The number of ether oxygens (including phenoxy) is 1. The Balaban J connectivity index is 2.87. The van der Waals surface area contributed by atoms with Gasteiger partial charge in [-0.05, 0) is 30.9 Å². The van der Waals surface area contributed by atoms with Gasteiger partial charge in [-0.3, -0.25) is 4.79 Å². The van der Waals surface area contributed by atoms with E-state index in [1.165, 1.54) is 11.3 Å². The third-order valence-corrected chi connectivity index (χ3v) is 2.96. The fourth-order valence-corrected chi connectivity index (χ4v) is 2.13. The van der Waals surface area contributed by atoms with E-state index in [1.54, 1.807) is 6.92 Å². The third-order valence-electron chi connectivity index (χ3n) is 1.86. The van der Waals surface area contributed by atoms with Gasteiger partial charge in [0.15, 0.2) is 0 Å². The quantitative estimate of drug-likeness (QED) is 0.435.